The standard InChI is InChI=1S/C9H11BO2/c10-9(5-6(11)12)7(1-2-7)8(9)3-4-8/h1-5H2,(H,11,12). The number of carboxylic acids is 1. The average Bonchev–Trinajstić information content (AvgIpc) is 2.81. The zero-order valence-electron chi connectivity index (χ0n) is 6.97. The van der Waals surface area contributed by atoms with Gasteiger partial charge in [-0.25, -0.2) is 0 Å². The molecule has 0 atom stereocenters. The summed E-state index contributed by atoms with van der Waals surface area (Å²) in [4.78, 5) is 10.6. The van der Waals surface area contributed by atoms with Crippen LogP contribution in [-0.4, -0.2) is 18.9 Å². The van der Waals surface area contributed by atoms with Crippen molar-refractivity contribution >= 4 is 13.8 Å². The molecule has 2 spiro atoms. The van der Waals surface area contributed by atoms with Gasteiger partial charge in [0.15, 0.2) is 0 Å². The quantitative estimate of drug-likeness (QED) is 0.622. The largest absolute Gasteiger partial charge is 0.481 e. The van der Waals surface area contributed by atoms with E-state index < -0.39 is 5.97 Å². The number of hydrogen-bond acceptors (Lipinski definition) is 1. The van der Waals surface area contributed by atoms with Crippen molar-refractivity contribution in [2.75, 3.05) is 0 Å². The lowest BCUT2D eigenvalue weighted by Gasteiger charge is -2.06. The molecule has 62 valence electrons. The summed E-state index contributed by atoms with van der Waals surface area (Å²) in [6.45, 7) is 0. The lowest BCUT2D eigenvalue weighted by Crippen LogP contribution is -2.06. The van der Waals surface area contributed by atoms with Gasteiger partial charge in [-0.3, -0.25) is 4.79 Å². The van der Waals surface area contributed by atoms with Crippen molar-refractivity contribution < 1.29 is 9.90 Å². The fraction of sp³-hybridized carbons (Fsp3) is 0.889. The zero-order valence-corrected chi connectivity index (χ0v) is 6.97. The summed E-state index contributed by atoms with van der Waals surface area (Å²) >= 11 is 0. The van der Waals surface area contributed by atoms with E-state index in [0.717, 1.165) is 0 Å². The first-order chi connectivity index (χ1) is 5.58. The molecule has 0 aromatic heterocycles. The van der Waals surface area contributed by atoms with Gasteiger partial charge < -0.3 is 5.11 Å². The first-order valence-corrected chi connectivity index (χ1v) is 4.59. The highest BCUT2D eigenvalue weighted by Gasteiger charge is 2.92. The Bertz CT molecular complexity index is 258. The molecular weight excluding hydrogens is 151 g/mol. The molecule has 2 radical (unpaired) electrons. The van der Waals surface area contributed by atoms with Crippen LogP contribution in [0.5, 0.6) is 0 Å². The van der Waals surface area contributed by atoms with Crippen LogP contribution in [0.3, 0.4) is 0 Å². The minimum absolute atomic E-state index is 0.187. The molecule has 0 saturated heterocycles. The number of fused-ring (bicyclic) bond motifs is 1. The molecule has 0 bridgehead atoms. The van der Waals surface area contributed by atoms with Crippen molar-refractivity contribution in [1.29, 1.82) is 0 Å². The van der Waals surface area contributed by atoms with Crippen LogP contribution in [0.2, 0.25) is 5.31 Å². The van der Waals surface area contributed by atoms with Crippen LogP contribution in [-0.2, 0) is 4.79 Å². The third kappa shape index (κ3) is 0.444. The maximum atomic E-state index is 10.6. The third-order valence-electron chi connectivity index (χ3n) is 4.49. The molecular formula is C9H11BO2. The van der Waals surface area contributed by atoms with E-state index in [1.165, 1.54) is 25.7 Å². The van der Waals surface area contributed by atoms with E-state index in [1.807, 2.05) is 0 Å². The van der Waals surface area contributed by atoms with Crippen molar-refractivity contribution in [1.82, 2.24) is 0 Å². The van der Waals surface area contributed by atoms with Gasteiger partial charge in [-0.2, -0.15) is 0 Å². The summed E-state index contributed by atoms with van der Waals surface area (Å²) < 4.78 is 0. The van der Waals surface area contributed by atoms with E-state index in [0.29, 0.717) is 10.8 Å². The van der Waals surface area contributed by atoms with Gasteiger partial charge in [-0.1, -0.05) is 0 Å². The second-order valence-electron chi connectivity index (χ2n) is 4.71. The summed E-state index contributed by atoms with van der Waals surface area (Å²) in [5, 5.41) is 8.42. The number of hydrogen-bond donors (Lipinski definition) is 1. The van der Waals surface area contributed by atoms with Crippen molar-refractivity contribution in [2.45, 2.75) is 37.4 Å². The second kappa shape index (κ2) is 1.47. The van der Waals surface area contributed by atoms with Gasteiger partial charge in [0.1, 0.15) is 0 Å². The monoisotopic (exact) mass is 162 g/mol. The SMILES string of the molecule is [B]C1(CC(=O)O)C2(CC2)C12CC2. The molecule has 3 fully saturated rings. The van der Waals surface area contributed by atoms with E-state index in [4.69, 9.17) is 13.0 Å². The Morgan fingerprint density at radius 2 is 1.67 bits per heavy atom. The minimum atomic E-state index is -0.729. The van der Waals surface area contributed by atoms with Crippen molar-refractivity contribution in [3.8, 4) is 0 Å². The highest BCUT2D eigenvalue weighted by molar-refractivity contribution is 6.22. The Balaban J connectivity index is 1.89. The highest BCUT2D eigenvalue weighted by Crippen LogP contribution is 3.02. The molecule has 3 rings (SSSR count). The molecule has 3 heteroatoms. The summed E-state index contributed by atoms with van der Waals surface area (Å²) in [7, 11) is 6.15. The molecule has 0 aliphatic heterocycles. The molecule has 0 unspecified atom stereocenters. The van der Waals surface area contributed by atoms with Crippen LogP contribution in [0.1, 0.15) is 32.1 Å². The smallest absolute Gasteiger partial charge is 0.303 e. The van der Waals surface area contributed by atoms with Gasteiger partial charge in [-0.15, -0.1) is 0 Å². The average molecular weight is 162 g/mol. The Morgan fingerprint density at radius 3 is 1.92 bits per heavy atom. The Hall–Kier alpha value is -0.465. The van der Waals surface area contributed by atoms with Crippen molar-refractivity contribution in [3.63, 3.8) is 0 Å². The second-order valence-corrected chi connectivity index (χ2v) is 4.71. The Morgan fingerprint density at radius 1 is 1.25 bits per heavy atom. The molecule has 12 heavy (non-hydrogen) atoms. The van der Waals surface area contributed by atoms with Crippen LogP contribution >= 0.6 is 0 Å². The van der Waals surface area contributed by atoms with E-state index in [-0.39, 0.29) is 11.7 Å². The van der Waals surface area contributed by atoms with E-state index >= 15 is 0 Å². The topological polar surface area (TPSA) is 37.3 Å². The molecule has 3 aliphatic rings. The summed E-state index contributed by atoms with van der Waals surface area (Å²) in [6.07, 6.45) is 4.90. The van der Waals surface area contributed by atoms with Gasteiger partial charge in [-0.05, 0) is 41.8 Å². The summed E-state index contributed by atoms with van der Waals surface area (Å²) in [5.74, 6) is -0.729. The van der Waals surface area contributed by atoms with Crippen LogP contribution in [0.15, 0.2) is 0 Å². The number of aliphatic carboxylic acids is 1. The van der Waals surface area contributed by atoms with Crippen molar-refractivity contribution in [3.05, 3.63) is 0 Å². The van der Waals surface area contributed by atoms with Crippen LogP contribution in [0.25, 0.3) is 0 Å². The third-order valence-corrected chi connectivity index (χ3v) is 4.49. The molecule has 3 aliphatic carbocycles. The highest BCUT2D eigenvalue weighted by atomic mass is 16.4. The summed E-state index contributed by atoms with van der Waals surface area (Å²) in [6, 6.07) is 0. The van der Waals surface area contributed by atoms with Gasteiger partial charge in [0, 0.05) is 6.42 Å². The normalized spacial score (nSPS) is 43.0. The number of carbonyl (C=O) groups is 1. The predicted octanol–water partition coefficient (Wildman–Crippen LogP) is 1.36. The molecule has 0 amide bonds. The predicted molar refractivity (Wildman–Crippen MR) is 44.0 cm³/mol. The minimum Gasteiger partial charge on any atom is -0.481 e. The van der Waals surface area contributed by atoms with Crippen molar-refractivity contribution in [2.24, 2.45) is 10.8 Å². The lowest BCUT2D eigenvalue weighted by molar-refractivity contribution is -0.137. The fourth-order valence-electron chi connectivity index (χ4n) is 3.64. The van der Waals surface area contributed by atoms with Gasteiger partial charge in [0.2, 0.25) is 0 Å². The molecule has 0 aromatic rings. The van der Waals surface area contributed by atoms with Crippen LogP contribution in [0.4, 0.5) is 0 Å². The molecule has 1 N–H and O–H groups in total. The van der Waals surface area contributed by atoms with Gasteiger partial charge >= 0.3 is 5.97 Å². The zero-order chi connectivity index (χ0) is 8.61. The van der Waals surface area contributed by atoms with Crippen LogP contribution in [0, 0.1) is 10.8 Å². The molecule has 2 nitrogen and oxygen atoms in total. The maximum absolute atomic E-state index is 10.6. The van der Waals surface area contributed by atoms with E-state index in [2.05, 4.69) is 0 Å². The molecule has 3 saturated carbocycles. The maximum Gasteiger partial charge on any atom is 0.303 e. The summed E-state index contributed by atoms with van der Waals surface area (Å²) in [5.41, 5.74) is 0.580. The Kier molecular flexibility index (Phi) is 0.855. The first-order valence-electron chi connectivity index (χ1n) is 4.59. The van der Waals surface area contributed by atoms with E-state index in [1.54, 1.807) is 0 Å². The lowest BCUT2D eigenvalue weighted by atomic mass is 9.75. The van der Waals surface area contributed by atoms with Crippen LogP contribution < -0.4 is 0 Å². The number of carboxylic acid groups (broad SMARTS) is 1. The Labute approximate surface area is 72.7 Å². The van der Waals surface area contributed by atoms with E-state index in [9.17, 15) is 4.79 Å². The van der Waals surface area contributed by atoms with Gasteiger partial charge in [0.05, 0.1) is 7.85 Å². The fourth-order valence-corrected chi connectivity index (χ4v) is 3.64. The molecule has 0 heterocycles. The number of rotatable bonds is 2. The first kappa shape index (κ1) is 6.99. The van der Waals surface area contributed by atoms with Gasteiger partial charge in [0.25, 0.3) is 0 Å². The molecule has 0 aromatic carbocycles.